The molecule has 4 rings (SSSR count). The molecule has 126 valence electrons. The first-order valence-corrected chi connectivity index (χ1v) is 8.26. The lowest BCUT2D eigenvalue weighted by Crippen LogP contribution is -2.39. The number of imidazole rings is 1. The average molecular weight is 328 g/mol. The van der Waals surface area contributed by atoms with Gasteiger partial charge in [-0.3, -0.25) is 9.59 Å². The SMILES string of the molecule is Cc1nc2c(c(=O)[nH]1)CCN(C(=O)c1cn3c(n1)CCNCC3)C2. The van der Waals surface area contributed by atoms with Gasteiger partial charge in [0.05, 0.1) is 12.2 Å². The number of nitrogens with one attached hydrogen (secondary N) is 2. The van der Waals surface area contributed by atoms with Gasteiger partial charge in [0, 0.05) is 44.4 Å². The fourth-order valence-corrected chi connectivity index (χ4v) is 3.37. The number of hydrogen-bond acceptors (Lipinski definition) is 5. The quantitative estimate of drug-likeness (QED) is 0.744. The summed E-state index contributed by atoms with van der Waals surface area (Å²) in [6.45, 7) is 5.23. The van der Waals surface area contributed by atoms with Gasteiger partial charge in [-0.15, -0.1) is 0 Å². The predicted octanol–water partition coefficient (Wildman–Crippen LogP) is -0.381. The summed E-state index contributed by atoms with van der Waals surface area (Å²) in [5.41, 5.74) is 1.78. The van der Waals surface area contributed by atoms with Crippen LogP contribution in [0, 0.1) is 6.92 Å². The molecule has 1 amide bonds. The molecule has 8 nitrogen and oxygen atoms in total. The standard InChI is InChI=1S/C16H20N6O2/c1-10-18-12-8-22(6-3-11(12)15(23)19-10)16(24)13-9-21-7-5-17-4-2-14(21)20-13/h9,17H,2-8H2,1H3,(H,18,19,23). The molecule has 2 aromatic rings. The van der Waals surface area contributed by atoms with Crippen molar-refractivity contribution in [3.63, 3.8) is 0 Å². The van der Waals surface area contributed by atoms with E-state index in [9.17, 15) is 9.59 Å². The molecule has 0 fully saturated rings. The summed E-state index contributed by atoms with van der Waals surface area (Å²) >= 11 is 0. The van der Waals surface area contributed by atoms with Gasteiger partial charge in [-0.1, -0.05) is 0 Å². The molecule has 2 aliphatic heterocycles. The van der Waals surface area contributed by atoms with Crippen LogP contribution in [0.4, 0.5) is 0 Å². The third-order valence-electron chi connectivity index (χ3n) is 4.61. The van der Waals surface area contributed by atoms with Crippen LogP contribution in [0.1, 0.15) is 33.4 Å². The Labute approximate surface area is 138 Å². The van der Waals surface area contributed by atoms with Crippen molar-refractivity contribution < 1.29 is 4.79 Å². The van der Waals surface area contributed by atoms with Crippen LogP contribution in [0.3, 0.4) is 0 Å². The van der Waals surface area contributed by atoms with E-state index in [1.165, 1.54) is 0 Å². The molecule has 2 N–H and O–H groups in total. The first-order chi connectivity index (χ1) is 11.6. The number of H-pyrrole nitrogens is 1. The second kappa shape index (κ2) is 5.86. The van der Waals surface area contributed by atoms with E-state index in [2.05, 4.69) is 24.8 Å². The van der Waals surface area contributed by atoms with Gasteiger partial charge in [0.1, 0.15) is 17.3 Å². The van der Waals surface area contributed by atoms with Gasteiger partial charge >= 0.3 is 0 Å². The van der Waals surface area contributed by atoms with Crippen LogP contribution in [-0.4, -0.2) is 50.0 Å². The Balaban J connectivity index is 1.58. The molecule has 0 radical (unpaired) electrons. The number of nitrogens with zero attached hydrogens (tertiary/aromatic N) is 4. The zero-order valence-electron chi connectivity index (χ0n) is 13.6. The summed E-state index contributed by atoms with van der Waals surface area (Å²) in [6, 6.07) is 0. The van der Waals surface area contributed by atoms with Crippen LogP contribution in [-0.2, 0) is 25.9 Å². The zero-order chi connectivity index (χ0) is 16.7. The zero-order valence-corrected chi connectivity index (χ0v) is 13.6. The van der Waals surface area contributed by atoms with Crippen LogP contribution in [0.25, 0.3) is 0 Å². The average Bonchev–Trinajstić information content (AvgIpc) is 2.84. The number of aromatic nitrogens is 4. The number of carbonyl (C=O) groups is 1. The first kappa shape index (κ1) is 15.1. The van der Waals surface area contributed by atoms with Crippen LogP contribution in [0.15, 0.2) is 11.0 Å². The van der Waals surface area contributed by atoms with E-state index in [1.54, 1.807) is 11.8 Å². The number of rotatable bonds is 1. The van der Waals surface area contributed by atoms with Crippen LogP contribution in [0.5, 0.6) is 0 Å². The Morgan fingerprint density at radius 3 is 2.96 bits per heavy atom. The van der Waals surface area contributed by atoms with Crippen molar-refractivity contribution in [3.05, 3.63) is 45.2 Å². The van der Waals surface area contributed by atoms with Gasteiger partial charge in [0.15, 0.2) is 0 Å². The fourth-order valence-electron chi connectivity index (χ4n) is 3.37. The van der Waals surface area contributed by atoms with Crippen molar-refractivity contribution in [3.8, 4) is 0 Å². The van der Waals surface area contributed by atoms with E-state index < -0.39 is 0 Å². The maximum atomic E-state index is 12.8. The van der Waals surface area contributed by atoms with Gasteiger partial charge in [-0.05, 0) is 13.3 Å². The highest BCUT2D eigenvalue weighted by atomic mass is 16.2. The van der Waals surface area contributed by atoms with Gasteiger partial charge < -0.3 is 19.8 Å². The van der Waals surface area contributed by atoms with E-state index in [-0.39, 0.29) is 11.5 Å². The molecule has 0 atom stereocenters. The minimum Gasteiger partial charge on any atom is -0.333 e. The van der Waals surface area contributed by atoms with Gasteiger partial charge in [-0.25, -0.2) is 9.97 Å². The molecular weight excluding hydrogens is 308 g/mol. The molecule has 0 aliphatic carbocycles. The largest absolute Gasteiger partial charge is 0.333 e. The number of carbonyl (C=O) groups excluding carboxylic acids is 1. The predicted molar refractivity (Wildman–Crippen MR) is 86.8 cm³/mol. The minimum absolute atomic E-state index is 0.0890. The molecule has 0 saturated heterocycles. The Kier molecular flexibility index (Phi) is 3.68. The van der Waals surface area contributed by atoms with E-state index in [0.29, 0.717) is 42.3 Å². The topological polar surface area (TPSA) is 95.9 Å². The van der Waals surface area contributed by atoms with Crippen molar-refractivity contribution in [2.45, 2.75) is 32.9 Å². The molecule has 0 saturated carbocycles. The summed E-state index contributed by atoms with van der Waals surface area (Å²) in [6.07, 6.45) is 3.20. The Morgan fingerprint density at radius 1 is 1.21 bits per heavy atom. The number of hydrogen-bond donors (Lipinski definition) is 2. The molecule has 24 heavy (non-hydrogen) atoms. The van der Waals surface area contributed by atoms with E-state index in [0.717, 1.165) is 31.9 Å². The van der Waals surface area contributed by atoms with Gasteiger partial charge in [0.25, 0.3) is 11.5 Å². The van der Waals surface area contributed by atoms with Crippen molar-refractivity contribution in [1.29, 1.82) is 0 Å². The third kappa shape index (κ3) is 2.62. The molecular formula is C16H20N6O2. The molecule has 0 bridgehead atoms. The normalized spacial score (nSPS) is 17.1. The second-order valence-corrected chi connectivity index (χ2v) is 6.29. The Hall–Kier alpha value is -2.48. The highest BCUT2D eigenvalue weighted by Gasteiger charge is 2.27. The van der Waals surface area contributed by atoms with E-state index >= 15 is 0 Å². The number of amides is 1. The lowest BCUT2D eigenvalue weighted by atomic mass is 10.1. The van der Waals surface area contributed by atoms with Gasteiger partial charge in [0.2, 0.25) is 0 Å². The molecule has 2 aliphatic rings. The summed E-state index contributed by atoms with van der Waals surface area (Å²) in [4.78, 5) is 38.1. The summed E-state index contributed by atoms with van der Waals surface area (Å²) in [5.74, 6) is 1.44. The van der Waals surface area contributed by atoms with Crippen LogP contribution in [0.2, 0.25) is 0 Å². The number of fused-ring (bicyclic) bond motifs is 2. The number of aromatic amines is 1. The maximum absolute atomic E-state index is 12.8. The molecule has 0 unspecified atom stereocenters. The fraction of sp³-hybridized carbons (Fsp3) is 0.500. The van der Waals surface area contributed by atoms with Crippen molar-refractivity contribution in [1.82, 2.24) is 29.7 Å². The van der Waals surface area contributed by atoms with E-state index in [1.807, 2.05) is 6.20 Å². The first-order valence-electron chi connectivity index (χ1n) is 8.26. The summed E-state index contributed by atoms with van der Waals surface area (Å²) in [5, 5.41) is 3.32. The van der Waals surface area contributed by atoms with Crippen LogP contribution < -0.4 is 10.9 Å². The highest BCUT2D eigenvalue weighted by molar-refractivity contribution is 5.92. The van der Waals surface area contributed by atoms with Gasteiger partial charge in [-0.2, -0.15) is 0 Å². The van der Waals surface area contributed by atoms with Crippen LogP contribution >= 0.6 is 0 Å². The minimum atomic E-state index is -0.0918. The summed E-state index contributed by atoms with van der Waals surface area (Å²) in [7, 11) is 0. The smallest absolute Gasteiger partial charge is 0.274 e. The molecule has 0 aromatic carbocycles. The molecule has 2 aromatic heterocycles. The highest BCUT2D eigenvalue weighted by Crippen LogP contribution is 2.17. The molecule has 0 spiro atoms. The third-order valence-corrected chi connectivity index (χ3v) is 4.61. The lowest BCUT2D eigenvalue weighted by molar-refractivity contribution is 0.0725. The molecule has 8 heteroatoms. The summed E-state index contributed by atoms with van der Waals surface area (Å²) < 4.78 is 2.05. The molecule has 4 heterocycles. The van der Waals surface area contributed by atoms with Crippen molar-refractivity contribution >= 4 is 5.91 Å². The monoisotopic (exact) mass is 328 g/mol. The number of aryl methyl sites for hydroxylation is 1. The van der Waals surface area contributed by atoms with E-state index in [4.69, 9.17) is 0 Å². The Morgan fingerprint density at radius 2 is 2.08 bits per heavy atom. The Bertz CT molecular complexity index is 829. The maximum Gasteiger partial charge on any atom is 0.274 e. The lowest BCUT2D eigenvalue weighted by Gasteiger charge is -2.27. The van der Waals surface area contributed by atoms with Crippen molar-refractivity contribution in [2.24, 2.45) is 0 Å². The van der Waals surface area contributed by atoms with Crippen molar-refractivity contribution in [2.75, 3.05) is 19.6 Å². The second-order valence-electron chi connectivity index (χ2n) is 6.29.